The molecule has 1 aliphatic rings. The average molecular weight is 273 g/mol. The number of nitrogens with two attached hydrogens (primary N) is 1. The molecule has 0 fully saturated rings. The van der Waals surface area contributed by atoms with E-state index in [1.165, 1.54) is 10.4 Å². The van der Waals surface area contributed by atoms with Gasteiger partial charge in [-0.2, -0.15) is 0 Å². The number of hydrogen-bond acceptors (Lipinski definition) is 4. The van der Waals surface area contributed by atoms with Crippen LogP contribution in [0.25, 0.3) is 0 Å². The highest BCUT2D eigenvalue weighted by Crippen LogP contribution is 2.35. The van der Waals surface area contributed by atoms with Gasteiger partial charge in [-0.25, -0.2) is 4.98 Å². The maximum absolute atomic E-state index is 5.87. The van der Waals surface area contributed by atoms with E-state index in [9.17, 15) is 0 Å². The summed E-state index contributed by atoms with van der Waals surface area (Å²) in [5.74, 6) is 1.05. The van der Waals surface area contributed by atoms with E-state index >= 15 is 0 Å². The molecule has 0 amide bonds. The average Bonchev–Trinajstić information content (AvgIpc) is 2.88. The molecule has 0 bridgehead atoms. The first-order chi connectivity index (χ1) is 9.16. The van der Waals surface area contributed by atoms with Crippen molar-refractivity contribution in [2.45, 2.75) is 32.4 Å². The lowest BCUT2D eigenvalue weighted by Crippen LogP contribution is -2.33. The van der Waals surface area contributed by atoms with Gasteiger partial charge in [-0.15, -0.1) is 11.3 Å². The zero-order valence-corrected chi connectivity index (χ0v) is 12.2. The Morgan fingerprint density at radius 2 is 2.26 bits per heavy atom. The summed E-state index contributed by atoms with van der Waals surface area (Å²) < 4.78 is 0. The van der Waals surface area contributed by atoms with Crippen LogP contribution >= 0.6 is 11.3 Å². The summed E-state index contributed by atoms with van der Waals surface area (Å²) >= 11 is 1.87. The van der Waals surface area contributed by atoms with Crippen molar-refractivity contribution in [3.05, 3.63) is 45.8 Å². The monoisotopic (exact) mass is 273 g/mol. The number of aromatic nitrogens is 1. The van der Waals surface area contributed by atoms with E-state index < -0.39 is 0 Å². The molecule has 0 radical (unpaired) electrons. The first kappa shape index (κ1) is 12.6. The number of pyridine rings is 1. The first-order valence-electron chi connectivity index (χ1n) is 6.71. The molecule has 2 aromatic heterocycles. The lowest BCUT2D eigenvalue weighted by Gasteiger charge is -2.34. The molecule has 3 nitrogen and oxygen atoms in total. The molecule has 2 unspecified atom stereocenters. The molecule has 4 heteroatoms. The maximum atomic E-state index is 5.87. The highest BCUT2D eigenvalue weighted by atomic mass is 32.1. The lowest BCUT2D eigenvalue weighted by atomic mass is 10.0. The van der Waals surface area contributed by atoms with Crippen LogP contribution in [0.2, 0.25) is 0 Å². The Morgan fingerprint density at radius 3 is 2.95 bits per heavy atom. The maximum Gasteiger partial charge on any atom is 0.129 e. The van der Waals surface area contributed by atoms with Gasteiger partial charge < -0.3 is 10.6 Å². The number of rotatable bonds is 2. The second-order valence-electron chi connectivity index (χ2n) is 5.16. The van der Waals surface area contributed by atoms with Crippen LogP contribution in [0, 0.1) is 0 Å². The van der Waals surface area contributed by atoms with Crippen LogP contribution in [-0.2, 0) is 6.42 Å². The topological polar surface area (TPSA) is 42.1 Å². The first-order valence-corrected chi connectivity index (χ1v) is 7.59. The van der Waals surface area contributed by atoms with Crippen molar-refractivity contribution in [1.82, 2.24) is 4.98 Å². The lowest BCUT2D eigenvalue weighted by molar-refractivity contribution is 0.624. The van der Waals surface area contributed by atoms with Crippen LogP contribution in [0.5, 0.6) is 0 Å². The molecule has 1 aliphatic heterocycles. The van der Waals surface area contributed by atoms with Gasteiger partial charge in [-0.3, -0.25) is 0 Å². The van der Waals surface area contributed by atoms with E-state index in [0.29, 0.717) is 6.04 Å². The molecule has 2 atom stereocenters. The predicted molar refractivity (Wildman–Crippen MR) is 80.6 cm³/mol. The van der Waals surface area contributed by atoms with Gasteiger partial charge in [-0.1, -0.05) is 6.07 Å². The van der Waals surface area contributed by atoms with Crippen LogP contribution in [-0.4, -0.2) is 11.5 Å². The van der Waals surface area contributed by atoms with Crippen molar-refractivity contribution in [3.63, 3.8) is 0 Å². The van der Waals surface area contributed by atoms with Crippen molar-refractivity contribution in [2.24, 2.45) is 5.73 Å². The molecular formula is C15H19N3S. The van der Waals surface area contributed by atoms with Crippen molar-refractivity contribution >= 4 is 17.2 Å². The fraction of sp³-hybridized carbons (Fsp3) is 0.400. The van der Waals surface area contributed by atoms with E-state index in [2.05, 4.69) is 40.4 Å². The smallest absolute Gasteiger partial charge is 0.129 e. The molecule has 0 aromatic carbocycles. The third kappa shape index (κ3) is 2.26. The molecule has 2 N–H and O–H groups in total. The Labute approximate surface area is 118 Å². The number of hydrogen-bond donors (Lipinski definition) is 1. The summed E-state index contributed by atoms with van der Waals surface area (Å²) in [6.45, 7) is 5.28. The molecule has 0 saturated heterocycles. The molecule has 19 heavy (non-hydrogen) atoms. The third-order valence-corrected chi connectivity index (χ3v) is 4.86. The summed E-state index contributed by atoms with van der Waals surface area (Å²) in [7, 11) is 0. The zero-order valence-electron chi connectivity index (χ0n) is 11.3. The normalized spacial score (nSPS) is 20.2. The van der Waals surface area contributed by atoms with Crippen molar-refractivity contribution < 1.29 is 0 Å². The van der Waals surface area contributed by atoms with Crippen molar-refractivity contribution in [2.75, 3.05) is 11.4 Å². The van der Waals surface area contributed by atoms with E-state index in [-0.39, 0.29) is 6.04 Å². The summed E-state index contributed by atoms with van der Waals surface area (Å²) in [5.41, 5.74) is 8.41. The molecular weight excluding hydrogens is 254 g/mol. The van der Waals surface area contributed by atoms with E-state index in [1.807, 2.05) is 24.5 Å². The standard InChI is InChI=1S/C15H19N3S/c1-10(16)12-3-4-15(17-9-12)18-7-5-14-13(11(18)2)6-8-19-14/h3-4,6,8-11H,5,7,16H2,1-2H3. The second kappa shape index (κ2) is 4.94. The van der Waals surface area contributed by atoms with Crippen molar-refractivity contribution in [3.8, 4) is 0 Å². The van der Waals surface area contributed by atoms with Gasteiger partial charge in [0, 0.05) is 23.7 Å². The van der Waals surface area contributed by atoms with Crippen LogP contribution in [0.4, 0.5) is 5.82 Å². The minimum absolute atomic E-state index is 0.0452. The fourth-order valence-electron chi connectivity index (χ4n) is 2.66. The largest absolute Gasteiger partial charge is 0.349 e. The van der Waals surface area contributed by atoms with E-state index in [4.69, 9.17) is 5.73 Å². The molecule has 0 spiro atoms. The summed E-state index contributed by atoms with van der Waals surface area (Å²) in [6, 6.07) is 6.87. The molecule has 0 aliphatic carbocycles. The number of nitrogens with zero attached hydrogens (tertiary/aromatic N) is 2. The number of fused-ring (bicyclic) bond motifs is 1. The molecule has 3 heterocycles. The Kier molecular flexibility index (Phi) is 3.29. The number of anilines is 1. The molecule has 100 valence electrons. The zero-order chi connectivity index (χ0) is 13.4. The van der Waals surface area contributed by atoms with Gasteiger partial charge in [0.2, 0.25) is 0 Å². The quantitative estimate of drug-likeness (QED) is 0.913. The fourth-order valence-corrected chi connectivity index (χ4v) is 3.62. The Balaban J connectivity index is 1.87. The molecule has 0 saturated carbocycles. The van der Waals surface area contributed by atoms with E-state index in [0.717, 1.165) is 24.3 Å². The van der Waals surface area contributed by atoms with Gasteiger partial charge >= 0.3 is 0 Å². The SMILES string of the molecule is CC(N)c1ccc(N2CCc3sccc3C2C)nc1. The van der Waals surface area contributed by atoms with Crippen LogP contribution in [0.3, 0.4) is 0 Å². The second-order valence-corrected chi connectivity index (χ2v) is 6.16. The Hall–Kier alpha value is -1.39. The van der Waals surface area contributed by atoms with Crippen LogP contribution < -0.4 is 10.6 Å². The van der Waals surface area contributed by atoms with Gasteiger partial charge in [0.25, 0.3) is 0 Å². The third-order valence-electron chi connectivity index (χ3n) is 3.87. The van der Waals surface area contributed by atoms with Crippen LogP contribution in [0.15, 0.2) is 29.8 Å². The summed E-state index contributed by atoms with van der Waals surface area (Å²) in [6.07, 6.45) is 3.02. The highest BCUT2D eigenvalue weighted by molar-refractivity contribution is 7.10. The van der Waals surface area contributed by atoms with E-state index in [1.54, 1.807) is 0 Å². The van der Waals surface area contributed by atoms with Crippen molar-refractivity contribution in [1.29, 1.82) is 0 Å². The van der Waals surface area contributed by atoms with Crippen LogP contribution in [0.1, 0.15) is 41.9 Å². The Bertz CT molecular complexity index is 559. The minimum atomic E-state index is 0.0452. The van der Waals surface area contributed by atoms with Gasteiger partial charge in [0.1, 0.15) is 5.82 Å². The van der Waals surface area contributed by atoms with Gasteiger partial charge in [0.15, 0.2) is 0 Å². The molecule has 3 rings (SSSR count). The van der Waals surface area contributed by atoms with Gasteiger partial charge in [-0.05, 0) is 48.9 Å². The van der Waals surface area contributed by atoms with Gasteiger partial charge in [0.05, 0.1) is 6.04 Å². The number of thiophene rings is 1. The predicted octanol–water partition coefficient (Wildman–Crippen LogP) is 3.29. The Morgan fingerprint density at radius 1 is 1.42 bits per heavy atom. The minimum Gasteiger partial charge on any atom is -0.349 e. The highest BCUT2D eigenvalue weighted by Gasteiger charge is 2.25. The summed E-state index contributed by atoms with van der Waals surface area (Å²) in [5, 5.41) is 2.19. The molecule has 2 aromatic rings. The summed E-state index contributed by atoms with van der Waals surface area (Å²) in [4.78, 5) is 8.48.